The van der Waals surface area contributed by atoms with Crippen molar-refractivity contribution < 1.29 is 13.9 Å². The molecule has 148 valence electrons. The van der Waals surface area contributed by atoms with Gasteiger partial charge >= 0.3 is 5.69 Å². The monoisotopic (exact) mass is 412 g/mol. The molecule has 0 saturated carbocycles. The number of ether oxygens (including phenoxy) is 2. The number of hydrogen-bond donors (Lipinski definition) is 0. The predicted octanol–water partition coefficient (Wildman–Crippen LogP) is 3.42. The van der Waals surface area contributed by atoms with Gasteiger partial charge in [-0.15, -0.1) is 11.3 Å². The zero-order chi connectivity index (χ0) is 20.5. The van der Waals surface area contributed by atoms with Crippen molar-refractivity contribution in [3.05, 3.63) is 86.1 Å². The molecular formula is C21H17FN2O4S. The van der Waals surface area contributed by atoms with Crippen molar-refractivity contribution in [2.75, 3.05) is 14.2 Å². The number of methoxy groups -OCH3 is 2. The minimum absolute atomic E-state index is 0.202. The van der Waals surface area contributed by atoms with Crippen LogP contribution in [-0.2, 0) is 6.54 Å². The first-order valence-corrected chi connectivity index (χ1v) is 9.60. The molecule has 0 radical (unpaired) electrons. The topological polar surface area (TPSA) is 62.5 Å². The molecule has 0 amide bonds. The number of hydrogen-bond acceptors (Lipinski definition) is 5. The number of rotatable bonds is 5. The molecule has 4 aromatic rings. The standard InChI is InChI=1S/C21H17FN2O4S/c1-27-16-9-15(10-17(11-16)28-2)24-20(25)19-18(7-8-29-19)23(21(24)26)12-13-3-5-14(22)6-4-13/h3-11H,12H2,1-2H3. The predicted molar refractivity (Wildman–Crippen MR) is 110 cm³/mol. The van der Waals surface area contributed by atoms with Crippen LogP contribution in [0.2, 0.25) is 0 Å². The molecule has 0 aliphatic carbocycles. The molecule has 0 aliphatic rings. The van der Waals surface area contributed by atoms with Crippen LogP contribution in [0.1, 0.15) is 5.56 Å². The van der Waals surface area contributed by atoms with E-state index in [4.69, 9.17) is 9.47 Å². The van der Waals surface area contributed by atoms with Crippen LogP contribution < -0.4 is 20.7 Å². The molecule has 8 heteroatoms. The Hall–Kier alpha value is -3.39. The summed E-state index contributed by atoms with van der Waals surface area (Å²) in [4.78, 5) is 26.4. The first-order chi connectivity index (χ1) is 14.0. The second-order valence-electron chi connectivity index (χ2n) is 6.34. The Morgan fingerprint density at radius 2 is 1.62 bits per heavy atom. The van der Waals surface area contributed by atoms with Crippen molar-refractivity contribution in [1.29, 1.82) is 0 Å². The minimum Gasteiger partial charge on any atom is -0.497 e. The van der Waals surface area contributed by atoms with Gasteiger partial charge in [-0.25, -0.2) is 13.8 Å². The van der Waals surface area contributed by atoms with Gasteiger partial charge in [-0.2, -0.15) is 0 Å². The molecule has 0 bridgehead atoms. The fourth-order valence-electron chi connectivity index (χ4n) is 3.16. The Bertz CT molecular complexity index is 1280. The van der Waals surface area contributed by atoms with Gasteiger partial charge in [-0.05, 0) is 29.1 Å². The number of nitrogens with zero attached hydrogens (tertiary/aromatic N) is 2. The maximum absolute atomic E-state index is 13.3. The van der Waals surface area contributed by atoms with Crippen molar-refractivity contribution in [3.63, 3.8) is 0 Å². The van der Waals surface area contributed by atoms with Gasteiger partial charge < -0.3 is 9.47 Å². The lowest BCUT2D eigenvalue weighted by molar-refractivity contribution is 0.394. The van der Waals surface area contributed by atoms with Crippen molar-refractivity contribution in [2.24, 2.45) is 0 Å². The van der Waals surface area contributed by atoms with Gasteiger partial charge in [-0.1, -0.05) is 12.1 Å². The normalized spacial score (nSPS) is 11.0. The Balaban J connectivity index is 1.97. The molecule has 2 heterocycles. The van der Waals surface area contributed by atoms with E-state index in [-0.39, 0.29) is 12.4 Å². The highest BCUT2D eigenvalue weighted by Crippen LogP contribution is 2.25. The molecule has 0 aliphatic heterocycles. The first kappa shape index (κ1) is 18.9. The van der Waals surface area contributed by atoms with Crippen LogP contribution in [-0.4, -0.2) is 23.4 Å². The molecule has 2 aromatic carbocycles. The SMILES string of the molecule is COc1cc(OC)cc(-n2c(=O)c3sccc3n(Cc3ccc(F)cc3)c2=O)c1. The fraction of sp³-hybridized carbons (Fsp3) is 0.143. The highest BCUT2D eigenvalue weighted by Gasteiger charge is 2.17. The van der Waals surface area contributed by atoms with Gasteiger partial charge in [0, 0.05) is 18.2 Å². The van der Waals surface area contributed by atoms with E-state index in [2.05, 4.69) is 0 Å². The fourth-order valence-corrected chi connectivity index (χ4v) is 3.99. The van der Waals surface area contributed by atoms with Crippen LogP contribution >= 0.6 is 11.3 Å². The van der Waals surface area contributed by atoms with E-state index in [1.165, 1.54) is 42.3 Å². The smallest absolute Gasteiger partial charge is 0.336 e. The summed E-state index contributed by atoms with van der Waals surface area (Å²) in [7, 11) is 2.99. The summed E-state index contributed by atoms with van der Waals surface area (Å²) in [6, 6.07) is 12.5. The number of halogens is 1. The summed E-state index contributed by atoms with van der Waals surface area (Å²) < 4.78 is 26.9. The lowest BCUT2D eigenvalue weighted by Gasteiger charge is -2.14. The molecule has 2 aromatic heterocycles. The lowest BCUT2D eigenvalue weighted by atomic mass is 10.2. The summed E-state index contributed by atoms with van der Waals surface area (Å²) in [5, 5.41) is 1.77. The summed E-state index contributed by atoms with van der Waals surface area (Å²) in [6.45, 7) is 0.202. The second-order valence-corrected chi connectivity index (χ2v) is 7.26. The quantitative estimate of drug-likeness (QED) is 0.504. The van der Waals surface area contributed by atoms with Gasteiger partial charge in [0.2, 0.25) is 0 Å². The maximum atomic E-state index is 13.3. The molecule has 0 unspecified atom stereocenters. The largest absolute Gasteiger partial charge is 0.497 e. The average molecular weight is 412 g/mol. The number of thiophene rings is 1. The number of benzene rings is 2. The van der Waals surface area contributed by atoms with Gasteiger partial charge in [-0.3, -0.25) is 9.36 Å². The van der Waals surface area contributed by atoms with Crippen molar-refractivity contribution in [2.45, 2.75) is 6.54 Å². The zero-order valence-electron chi connectivity index (χ0n) is 15.7. The Labute approximate surface area is 169 Å². The van der Waals surface area contributed by atoms with Gasteiger partial charge in [0.1, 0.15) is 22.0 Å². The van der Waals surface area contributed by atoms with E-state index in [1.807, 2.05) is 0 Å². The van der Waals surface area contributed by atoms with Crippen LogP contribution in [0.4, 0.5) is 4.39 Å². The number of aromatic nitrogens is 2. The third-order valence-electron chi connectivity index (χ3n) is 4.60. The van der Waals surface area contributed by atoms with Gasteiger partial charge in [0.15, 0.2) is 0 Å². The lowest BCUT2D eigenvalue weighted by Crippen LogP contribution is -2.38. The molecule has 6 nitrogen and oxygen atoms in total. The van der Waals surface area contributed by atoms with Crippen LogP contribution in [0.3, 0.4) is 0 Å². The maximum Gasteiger partial charge on any atom is 0.336 e. The summed E-state index contributed by atoms with van der Waals surface area (Å²) in [5.74, 6) is 0.569. The third kappa shape index (κ3) is 3.42. The van der Waals surface area contributed by atoms with Crippen molar-refractivity contribution >= 4 is 21.6 Å². The van der Waals surface area contributed by atoms with E-state index in [1.54, 1.807) is 41.8 Å². The molecule has 29 heavy (non-hydrogen) atoms. The molecule has 0 atom stereocenters. The molecule has 0 spiro atoms. The average Bonchev–Trinajstić information content (AvgIpc) is 3.22. The van der Waals surface area contributed by atoms with Crippen LogP contribution in [0.25, 0.3) is 15.9 Å². The van der Waals surface area contributed by atoms with E-state index < -0.39 is 11.2 Å². The molecule has 0 saturated heterocycles. The van der Waals surface area contributed by atoms with Crippen LogP contribution in [0.5, 0.6) is 11.5 Å². The van der Waals surface area contributed by atoms with E-state index in [0.717, 1.165) is 10.1 Å². The van der Waals surface area contributed by atoms with E-state index >= 15 is 0 Å². The van der Waals surface area contributed by atoms with Crippen molar-refractivity contribution in [3.8, 4) is 17.2 Å². The first-order valence-electron chi connectivity index (χ1n) is 8.73. The molecule has 0 N–H and O–H groups in total. The van der Waals surface area contributed by atoms with Crippen LogP contribution in [0, 0.1) is 5.82 Å². The molecule has 0 fully saturated rings. The minimum atomic E-state index is -0.500. The molecular weight excluding hydrogens is 395 g/mol. The van der Waals surface area contributed by atoms with E-state index in [9.17, 15) is 14.0 Å². The highest BCUT2D eigenvalue weighted by molar-refractivity contribution is 7.17. The number of fused-ring (bicyclic) bond motifs is 1. The zero-order valence-corrected chi connectivity index (χ0v) is 16.5. The van der Waals surface area contributed by atoms with Crippen LogP contribution in [0.15, 0.2) is 63.5 Å². The summed E-state index contributed by atoms with van der Waals surface area (Å²) >= 11 is 1.26. The van der Waals surface area contributed by atoms with Gasteiger partial charge in [0.25, 0.3) is 5.56 Å². The van der Waals surface area contributed by atoms with Crippen molar-refractivity contribution in [1.82, 2.24) is 9.13 Å². The summed E-state index contributed by atoms with van der Waals surface area (Å²) in [5.41, 5.74) is 0.723. The molecule has 4 rings (SSSR count). The third-order valence-corrected chi connectivity index (χ3v) is 5.49. The Morgan fingerprint density at radius 3 is 2.24 bits per heavy atom. The Kier molecular flexibility index (Phi) is 4.94. The highest BCUT2D eigenvalue weighted by atomic mass is 32.1. The summed E-state index contributed by atoms with van der Waals surface area (Å²) in [6.07, 6.45) is 0. The second kappa shape index (κ2) is 7.56. The van der Waals surface area contributed by atoms with E-state index in [0.29, 0.717) is 27.4 Å². The Morgan fingerprint density at radius 1 is 0.966 bits per heavy atom. The van der Waals surface area contributed by atoms with Gasteiger partial charge in [0.05, 0.1) is 32.0 Å².